The number of aromatic nitrogens is 1. The van der Waals surface area contributed by atoms with Gasteiger partial charge in [-0.2, -0.15) is 0 Å². The molecule has 1 rings (SSSR count). The number of nitrogens with zero attached hydrogens (tertiary/aromatic N) is 2. The largest absolute Gasteiger partial charge is 0.314 e. The monoisotopic (exact) mass is 208 g/mol. The van der Waals surface area contributed by atoms with E-state index in [9.17, 15) is 4.79 Å². The first-order valence-electron chi connectivity index (χ1n) is 5.57. The number of pyridine rings is 1. The van der Waals surface area contributed by atoms with Crippen LogP contribution in [0.25, 0.3) is 0 Å². The lowest BCUT2D eigenvalue weighted by Gasteiger charge is -2.18. The van der Waals surface area contributed by atoms with Gasteiger partial charge in [0.25, 0.3) is 5.56 Å². The molecular formula is C12H20N2O. The zero-order chi connectivity index (χ0) is 11.3. The van der Waals surface area contributed by atoms with Crippen LogP contribution in [0.1, 0.15) is 19.4 Å². The Kier molecular flexibility index (Phi) is 4.56. The Morgan fingerprint density at radius 2 is 2.00 bits per heavy atom. The molecule has 1 heterocycles. The smallest absolute Gasteiger partial charge is 0.253 e. The third-order valence-electron chi connectivity index (χ3n) is 2.76. The second-order valence-corrected chi connectivity index (χ2v) is 3.72. The summed E-state index contributed by atoms with van der Waals surface area (Å²) in [6, 6.07) is 3.79. The van der Waals surface area contributed by atoms with Crippen LogP contribution in [0.2, 0.25) is 0 Å². The SMILES string of the molecule is CCN(CC)CCn1cccc(C)c1=O. The number of rotatable bonds is 5. The summed E-state index contributed by atoms with van der Waals surface area (Å²) < 4.78 is 1.79. The zero-order valence-corrected chi connectivity index (χ0v) is 9.86. The maximum absolute atomic E-state index is 11.7. The second-order valence-electron chi connectivity index (χ2n) is 3.72. The van der Waals surface area contributed by atoms with E-state index >= 15 is 0 Å². The van der Waals surface area contributed by atoms with Crippen LogP contribution >= 0.6 is 0 Å². The standard InChI is InChI=1S/C12H20N2O/c1-4-13(5-2)9-10-14-8-6-7-11(3)12(14)15/h6-8H,4-5,9-10H2,1-3H3. The Morgan fingerprint density at radius 1 is 1.33 bits per heavy atom. The highest BCUT2D eigenvalue weighted by atomic mass is 16.1. The Balaban J connectivity index is 2.65. The summed E-state index contributed by atoms with van der Waals surface area (Å²) in [4.78, 5) is 14.0. The molecule has 0 aliphatic rings. The van der Waals surface area contributed by atoms with Crippen molar-refractivity contribution in [1.82, 2.24) is 9.47 Å². The molecule has 0 amide bonds. The van der Waals surface area contributed by atoms with Crippen molar-refractivity contribution in [1.29, 1.82) is 0 Å². The van der Waals surface area contributed by atoms with Crippen LogP contribution in [0, 0.1) is 6.92 Å². The van der Waals surface area contributed by atoms with Gasteiger partial charge in [-0.15, -0.1) is 0 Å². The van der Waals surface area contributed by atoms with Gasteiger partial charge in [-0.25, -0.2) is 0 Å². The summed E-state index contributed by atoms with van der Waals surface area (Å²) in [5.74, 6) is 0. The molecule has 0 atom stereocenters. The van der Waals surface area contributed by atoms with Crippen molar-refractivity contribution in [2.24, 2.45) is 0 Å². The van der Waals surface area contributed by atoms with Crippen LogP contribution in [0.5, 0.6) is 0 Å². The van der Waals surface area contributed by atoms with E-state index in [-0.39, 0.29) is 5.56 Å². The maximum Gasteiger partial charge on any atom is 0.253 e. The zero-order valence-electron chi connectivity index (χ0n) is 9.86. The van der Waals surface area contributed by atoms with Crippen molar-refractivity contribution in [3.8, 4) is 0 Å². The molecule has 0 N–H and O–H groups in total. The molecule has 0 bridgehead atoms. The quantitative estimate of drug-likeness (QED) is 0.732. The second kappa shape index (κ2) is 5.71. The molecule has 0 unspecified atom stereocenters. The van der Waals surface area contributed by atoms with Gasteiger partial charge in [0.1, 0.15) is 0 Å². The first-order valence-corrected chi connectivity index (χ1v) is 5.57. The summed E-state index contributed by atoms with van der Waals surface area (Å²) in [6.45, 7) is 9.94. The maximum atomic E-state index is 11.7. The van der Waals surface area contributed by atoms with Crippen molar-refractivity contribution >= 4 is 0 Å². The predicted molar refractivity (Wildman–Crippen MR) is 63.2 cm³/mol. The van der Waals surface area contributed by atoms with Crippen molar-refractivity contribution in [2.45, 2.75) is 27.3 Å². The number of hydrogen-bond acceptors (Lipinski definition) is 2. The lowest BCUT2D eigenvalue weighted by molar-refractivity contribution is 0.289. The summed E-state index contributed by atoms with van der Waals surface area (Å²) in [6.07, 6.45) is 1.86. The fourth-order valence-electron chi connectivity index (χ4n) is 1.62. The van der Waals surface area contributed by atoms with Gasteiger partial charge in [-0.3, -0.25) is 4.79 Å². The van der Waals surface area contributed by atoms with Gasteiger partial charge in [-0.1, -0.05) is 19.9 Å². The summed E-state index contributed by atoms with van der Waals surface area (Å²) in [5, 5.41) is 0. The predicted octanol–water partition coefficient (Wildman–Crippen LogP) is 1.50. The Labute approximate surface area is 91.3 Å². The van der Waals surface area contributed by atoms with Gasteiger partial charge in [0, 0.05) is 24.8 Å². The highest BCUT2D eigenvalue weighted by Crippen LogP contribution is 1.92. The van der Waals surface area contributed by atoms with E-state index in [1.807, 2.05) is 25.3 Å². The highest BCUT2D eigenvalue weighted by Gasteiger charge is 2.01. The molecule has 0 fully saturated rings. The lowest BCUT2D eigenvalue weighted by atomic mass is 10.3. The fourth-order valence-corrected chi connectivity index (χ4v) is 1.62. The van der Waals surface area contributed by atoms with E-state index in [1.165, 1.54) is 0 Å². The molecule has 0 spiro atoms. The van der Waals surface area contributed by atoms with Crippen LogP contribution in [-0.2, 0) is 6.54 Å². The third kappa shape index (κ3) is 3.20. The van der Waals surface area contributed by atoms with Crippen molar-refractivity contribution in [3.05, 3.63) is 34.2 Å². The molecule has 1 aromatic rings. The summed E-state index contributed by atoms with van der Waals surface area (Å²) >= 11 is 0. The van der Waals surface area contributed by atoms with Gasteiger partial charge in [-0.05, 0) is 26.1 Å². The molecule has 0 aromatic carbocycles. The topological polar surface area (TPSA) is 25.2 Å². The van der Waals surface area contributed by atoms with Crippen LogP contribution in [-0.4, -0.2) is 29.1 Å². The Morgan fingerprint density at radius 3 is 2.60 bits per heavy atom. The van der Waals surface area contributed by atoms with E-state index in [0.29, 0.717) is 0 Å². The minimum absolute atomic E-state index is 0.129. The van der Waals surface area contributed by atoms with Crippen LogP contribution in [0.4, 0.5) is 0 Å². The van der Waals surface area contributed by atoms with E-state index in [2.05, 4.69) is 18.7 Å². The molecule has 0 saturated carbocycles. The first-order chi connectivity index (χ1) is 7.19. The van der Waals surface area contributed by atoms with Crippen LogP contribution in [0.3, 0.4) is 0 Å². The van der Waals surface area contributed by atoms with Crippen LogP contribution in [0.15, 0.2) is 23.1 Å². The Bertz CT molecular complexity index is 353. The Hall–Kier alpha value is -1.09. The molecule has 15 heavy (non-hydrogen) atoms. The minimum Gasteiger partial charge on any atom is -0.314 e. The van der Waals surface area contributed by atoms with Gasteiger partial charge in [0.15, 0.2) is 0 Å². The summed E-state index contributed by atoms with van der Waals surface area (Å²) in [5.41, 5.74) is 0.946. The molecule has 0 saturated heterocycles. The van der Waals surface area contributed by atoms with E-state index in [0.717, 1.165) is 31.7 Å². The average Bonchev–Trinajstić information content (AvgIpc) is 2.25. The molecule has 0 aliphatic heterocycles. The minimum atomic E-state index is 0.129. The molecular weight excluding hydrogens is 188 g/mol. The molecule has 84 valence electrons. The van der Waals surface area contributed by atoms with Crippen molar-refractivity contribution in [2.75, 3.05) is 19.6 Å². The van der Waals surface area contributed by atoms with Crippen molar-refractivity contribution in [3.63, 3.8) is 0 Å². The van der Waals surface area contributed by atoms with Gasteiger partial charge < -0.3 is 9.47 Å². The third-order valence-corrected chi connectivity index (χ3v) is 2.76. The van der Waals surface area contributed by atoms with E-state index in [4.69, 9.17) is 0 Å². The lowest BCUT2D eigenvalue weighted by Crippen LogP contribution is -2.31. The molecule has 1 aromatic heterocycles. The highest BCUT2D eigenvalue weighted by molar-refractivity contribution is 5.07. The number of likely N-dealkylation sites (N-methyl/N-ethyl adjacent to an activating group) is 1. The van der Waals surface area contributed by atoms with Crippen molar-refractivity contribution < 1.29 is 0 Å². The molecule has 0 radical (unpaired) electrons. The van der Waals surface area contributed by atoms with Crippen LogP contribution < -0.4 is 5.56 Å². The molecule has 3 heteroatoms. The average molecular weight is 208 g/mol. The molecule has 3 nitrogen and oxygen atoms in total. The van der Waals surface area contributed by atoms with Gasteiger partial charge in [0.05, 0.1) is 0 Å². The first kappa shape index (κ1) is 12.0. The fraction of sp³-hybridized carbons (Fsp3) is 0.583. The number of aryl methyl sites for hydroxylation is 1. The van der Waals surface area contributed by atoms with Gasteiger partial charge >= 0.3 is 0 Å². The summed E-state index contributed by atoms with van der Waals surface area (Å²) in [7, 11) is 0. The number of hydrogen-bond donors (Lipinski definition) is 0. The molecule has 0 aliphatic carbocycles. The normalized spacial score (nSPS) is 10.9. The van der Waals surface area contributed by atoms with E-state index in [1.54, 1.807) is 4.57 Å². The van der Waals surface area contributed by atoms with E-state index < -0.39 is 0 Å². The van der Waals surface area contributed by atoms with Gasteiger partial charge in [0.2, 0.25) is 0 Å².